The maximum Gasteiger partial charge on any atom is 0.137 e. The summed E-state index contributed by atoms with van der Waals surface area (Å²) >= 11 is 0. The van der Waals surface area contributed by atoms with Crippen molar-refractivity contribution >= 4 is 82.4 Å². The van der Waals surface area contributed by atoms with Crippen LogP contribution in [0.25, 0.3) is 93.2 Å². The minimum Gasteiger partial charge on any atom is -0.456 e. The number of hydrogen-bond acceptors (Lipinski definition) is 2. The van der Waals surface area contributed by atoms with Crippen LogP contribution in [0.15, 0.2) is 186 Å². The molecule has 0 fully saturated rings. The molecule has 2 aromatic heterocycles. The van der Waals surface area contributed by atoms with Crippen molar-refractivity contribution < 1.29 is 4.42 Å². The second-order valence-corrected chi connectivity index (χ2v) is 14.1. The summed E-state index contributed by atoms with van der Waals surface area (Å²) in [7, 11) is 0. The van der Waals surface area contributed by atoms with E-state index in [4.69, 9.17) is 4.42 Å². The first-order chi connectivity index (χ1) is 26.3. The summed E-state index contributed by atoms with van der Waals surface area (Å²) in [6.07, 6.45) is 0. The van der Waals surface area contributed by atoms with E-state index in [1.165, 1.54) is 60.1 Å². The van der Waals surface area contributed by atoms with Crippen molar-refractivity contribution in [2.45, 2.75) is 0 Å². The van der Waals surface area contributed by atoms with Gasteiger partial charge >= 0.3 is 0 Å². The fourth-order valence-electron chi connectivity index (χ4n) is 9.06. The maximum absolute atomic E-state index is 6.47. The zero-order chi connectivity index (χ0) is 34.6. The van der Waals surface area contributed by atoms with Gasteiger partial charge in [-0.1, -0.05) is 115 Å². The highest BCUT2D eigenvalue weighted by Gasteiger charge is 2.27. The van der Waals surface area contributed by atoms with Gasteiger partial charge in [0.25, 0.3) is 0 Å². The van der Waals surface area contributed by atoms with E-state index < -0.39 is 0 Å². The minimum atomic E-state index is 0.873. The summed E-state index contributed by atoms with van der Waals surface area (Å²) in [5, 5.41) is 9.82. The molecule has 0 aliphatic heterocycles. The van der Waals surface area contributed by atoms with Crippen LogP contribution in [0.5, 0.6) is 0 Å². The van der Waals surface area contributed by atoms with E-state index in [-0.39, 0.29) is 0 Å². The van der Waals surface area contributed by atoms with Gasteiger partial charge in [-0.05, 0) is 111 Å². The van der Waals surface area contributed by atoms with Crippen LogP contribution in [-0.4, -0.2) is 4.57 Å². The van der Waals surface area contributed by atoms with Crippen molar-refractivity contribution in [3.05, 3.63) is 182 Å². The lowest BCUT2D eigenvalue weighted by Crippen LogP contribution is -2.10. The Labute approximate surface area is 305 Å². The van der Waals surface area contributed by atoms with Crippen LogP contribution >= 0.6 is 0 Å². The zero-order valence-corrected chi connectivity index (χ0v) is 28.6. The molecule has 53 heavy (non-hydrogen) atoms. The van der Waals surface area contributed by atoms with Crippen LogP contribution in [0, 0.1) is 0 Å². The molecular weight excluding hydrogens is 645 g/mol. The Kier molecular flexibility index (Phi) is 5.77. The fraction of sp³-hybridized carbons (Fsp3) is 0. The van der Waals surface area contributed by atoms with E-state index in [1.807, 2.05) is 6.07 Å². The summed E-state index contributed by atoms with van der Waals surface area (Å²) in [6.45, 7) is 0. The Morgan fingerprint density at radius 2 is 1.09 bits per heavy atom. The third kappa shape index (κ3) is 3.99. The lowest BCUT2D eigenvalue weighted by molar-refractivity contribution is 0.669. The number of fused-ring (bicyclic) bond motifs is 11. The van der Waals surface area contributed by atoms with Gasteiger partial charge in [0, 0.05) is 33.2 Å². The molecule has 1 aliphatic rings. The minimum absolute atomic E-state index is 0.873. The van der Waals surface area contributed by atoms with Crippen LogP contribution in [0.2, 0.25) is 0 Å². The van der Waals surface area contributed by atoms with Gasteiger partial charge in [0.05, 0.1) is 22.1 Å². The molecule has 3 nitrogen and oxygen atoms in total. The molecule has 1 aliphatic carbocycles. The average Bonchev–Trinajstić information content (AvgIpc) is 3.87. The van der Waals surface area contributed by atoms with Crippen LogP contribution in [0.3, 0.4) is 0 Å². The molecule has 0 atom stereocenters. The Bertz CT molecular complexity index is 3290. The molecule has 2 heterocycles. The van der Waals surface area contributed by atoms with E-state index in [0.29, 0.717) is 0 Å². The van der Waals surface area contributed by atoms with Crippen molar-refractivity contribution in [1.82, 2.24) is 4.57 Å². The first-order valence-corrected chi connectivity index (χ1v) is 18.2. The van der Waals surface area contributed by atoms with Gasteiger partial charge in [-0.15, -0.1) is 0 Å². The second kappa shape index (κ2) is 10.7. The number of benzene rings is 9. The van der Waals surface area contributed by atoms with Gasteiger partial charge in [-0.3, -0.25) is 0 Å². The molecule has 9 aromatic carbocycles. The van der Waals surface area contributed by atoms with Gasteiger partial charge < -0.3 is 13.9 Å². The summed E-state index contributed by atoms with van der Waals surface area (Å²) in [5.41, 5.74) is 13.7. The van der Waals surface area contributed by atoms with Gasteiger partial charge in [0.15, 0.2) is 0 Å². The average molecular weight is 675 g/mol. The third-order valence-corrected chi connectivity index (χ3v) is 11.3. The monoisotopic (exact) mass is 674 g/mol. The van der Waals surface area contributed by atoms with E-state index in [1.54, 1.807) is 0 Å². The number of nitrogens with zero attached hydrogens (tertiary/aromatic N) is 2. The van der Waals surface area contributed by atoms with Crippen LogP contribution in [-0.2, 0) is 0 Å². The Hall–Kier alpha value is -7.10. The predicted octanol–water partition coefficient (Wildman–Crippen LogP) is 14.1. The van der Waals surface area contributed by atoms with Gasteiger partial charge in [0.1, 0.15) is 11.2 Å². The van der Waals surface area contributed by atoms with Crippen molar-refractivity contribution in [3.63, 3.8) is 0 Å². The SMILES string of the molecule is c1ccc(-n2c3ccccc3c3ccc(N(c4ccc5c(c4)-c4c6ccccc6cc6cccc-5c46)c4cccc5oc6ccccc6c45)cc32)cc1. The highest BCUT2D eigenvalue weighted by Crippen LogP contribution is 2.53. The van der Waals surface area contributed by atoms with E-state index in [9.17, 15) is 0 Å². The third-order valence-electron chi connectivity index (χ3n) is 11.3. The van der Waals surface area contributed by atoms with E-state index >= 15 is 0 Å². The Balaban J connectivity index is 1.17. The van der Waals surface area contributed by atoms with Crippen LogP contribution in [0.1, 0.15) is 0 Å². The molecule has 12 rings (SSSR count). The lowest BCUT2D eigenvalue weighted by atomic mass is 9.95. The van der Waals surface area contributed by atoms with E-state index in [0.717, 1.165) is 50.2 Å². The normalized spacial score (nSPS) is 12.2. The molecule has 0 unspecified atom stereocenters. The molecule has 0 bridgehead atoms. The summed E-state index contributed by atoms with van der Waals surface area (Å²) in [4.78, 5) is 2.43. The standard InChI is InChI=1S/C50H30N2O/c1-2-14-33(15-3-1)52-43-20-8-6-17-38(43)39-27-25-35(30-45(39)52)51(44-21-11-23-47-50(44)41-18-7-9-22-46(41)53-47)34-24-26-37-40-19-10-13-32-28-31-12-4-5-16-36(31)49(48(32)40)42(37)29-34/h1-30H. The molecule has 0 saturated carbocycles. The number of para-hydroxylation sites is 3. The quantitative estimate of drug-likeness (QED) is 0.173. The van der Waals surface area contributed by atoms with Gasteiger partial charge in [-0.25, -0.2) is 0 Å². The molecular formula is C50H30N2O. The van der Waals surface area contributed by atoms with Gasteiger partial charge in [-0.2, -0.15) is 0 Å². The molecule has 0 amide bonds. The van der Waals surface area contributed by atoms with Crippen molar-refractivity contribution in [1.29, 1.82) is 0 Å². The topological polar surface area (TPSA) is 21.3 Å². The van der Waals surface area contributed by atoms with Gasteiger partial charge in [0.2, 0.25) is 0 Å². The molecule has 0 saturated heterocycles. The summed E-state index contributed by atoms with van der Waals surface area (Å²) < 4.78 is 8.87. The van der Waals surface area contributed by atoms with Crippen molar-refractivity contribution in [2.24, 2.45) is 0 Å². The van der Waals surface area contributed by atoms with Crippen LogP contribution in [0.4, 0.5) is 17.1 Å². The summed E-state index contributed by atoms with van der Waals surface area (Å²) in [6, 6.07) is 66.1. The maximum atomic E-state index is 6.47. The van der Waals surface area contributed by atoms with Crippen molar-refractivity contribution in [2.75, 3.05) is 4.90 Å². The molecule has 3 heteroatoms. The first-order valence-electron chi connectivity index (χ1n) is 18.2. The highest BCUT2D eigenvalue weighted by molar-refractivity contribution is 6.24. The smallest absolute Gasteiger partial charge is 0.137 e. The number of hydrogen-bond donors (Lipinski definition) is 0. The molecule has 0 spiro atoms. The Morgan fingerprint density at radius 3 is 2.02 bits per heavy atom. The highest BCUT2D eigenvalue weighted by atomic mass is 16.3. The number of aromatic nitrogens is 1. The predicted molar refractivity (Wildman–Crippen MR) is 222 cm³/mol. The van der Waals surface area contributed by atoms with E-state index in [2.05, 4.69) is 185 Å². The number of furan rings is 1. The fourth-order valence-corrected chi connectivity index (χ4v) is 9.06. The van der Waals surface area contributed by atoms with Crippen LogP contribution < -0.4 is 4.90 Å². The van der Waals surface area contributed by atoms with Crippen molar-refractivity contribution in [3.8, 4) is 27.9 Å². The zero-order valence-electron chi connectivity index (χ0n) is 28.6. The number of anilines is 3. The molecule has 0 N–H and O–H groups in total. The number of rotatable bonds is 4. The largest absolute Gasteiger partial charge is 0.456 e. The molecule has 11 aromatic rings. The second-order valence-electron chi connectivity index (χ2n) is 14.1. The lowest BCUT2D eigenvalue weighted by Gasteiger charge is -2.27. The summed E-state index contributed by atoms with van der Waals surface area (Å²) in [5.74, 6) is 0. The molecule has 246 valence electrons. The Morgan fingerprint density at radius 1 is 0.396 bits per heavy atom. The molecule has 0 radical (unpaired) electrons. The first kappa shape index (κ1) is 28.6.